The number of fused-ring (bicyclic) bond motifs is 1. The summed E-state index contributed by atoms with van der Waals surface area (Å²) in [7, 11) is 0. The SMILES string of the molecule is Cc1nc2ccc(-c3ccoc3)cc2[nH]1. The molecule has 0 amide bonds. The zero-order valence-corrected chi connectivity index (χ0v) is 8.32. The molecule has 0 fully saturated rings. The summed E-state index contributed by atoms with van der Waals surface area (Å²) in [4.78, 5) is 7.58. The predicted molar refractivity (Wildman–Crippen MR) is 58.5 cm³/mol. The number of rotatable bonds is 1. The first-order chi connectivity index (χ1) is 7.33. The van der Waals surface area contributed by atoms with Crippen LogP contribution in [0.2, 0.25) is 0 Å². The number of furan rings is 1. The van der Waals surface area contributed by atoms with Crippen LogP contribution in [0.5, 0.6) is 0 Å². The molecule has 3 heteroatoms. The van der Waals surface area contributed by atoms with Crippen molar-refractivity contribution in [1.82, 2.24) is 9.97 Å². The Bertz CT molecular complexity index is 593. The number of imidazole rings is 1. The van der Waals surface area contributed by atoms with Gasteiger partial charge in [0.05, 0.1) is 23.6 Å². The molecule has 0 radical (unpaired) electrons. The van der Waals surface area contributed by atoms with Crippen molar-refractivity contribution in [2.75, 3.05) is 0 Å². The minimum atomic E-state index is 0.939. The van der Waals surface area contributed by atoms with Crippen molar-refractivity contribution in [3.05, 3.63) is 42.6 Å². The number of H-pyrrole nitrogens is 1. The Kier molecular flexibility index (Phi) is 1.65. The molecule has 0 unspecified atom stereocenters. The minimum Gasteiger partial charge on any atom is -0.472 e. The van der Waals surface area contributed by atoms with Crippen LogP contribution < -0.4 is 0 Å². The molecule has 74 valence electrons. The number of nitrogens with one attached hydrogen (secondary N) is 1. The highest BCUT2D eigenvalue weighted by Crippen LogP contribution is 2.23. The summed E-state index contributed by atoms with van der Waals surface area (Å²) >= 11 is 0. The normalized spacial score (nSPS) is 11.0. The number of benzene rings is 1. The lowest BCUT2D eigenvalue weighted by Gasteiger charge is -1.95. The lowest BCUT2D eigenvalue weighted by atomic mass is 10.1. The fourth-order valence-corrected chi connectivity index (χ4v) is 1.75. The van der Waals surface area contributed by atoms with Crippen LogP contribution in [0, 0.1) is 6.92 Å². The van der Waals surface area contributed by atoms with Crippen LogP contribution in [0.4, 0.5) is 0 Å². The van der Waals surface area contributed by atoms with Crippen molar-refractivity contribution in [1.29, 1.82) is 0 Å². The summed E-state index contributed by atoms with van der Waals surface area (Å²) in [6.45, 7) is 1.96. The van der Waals surface area contributed by atoms with E-state index in [1.54, 1.807) is 12.5 Å². The van der Waals surface area contributed by atoms with E-state index < -0.39 is 0 Å². The van der Waals surface area contributed by atoms with E-state index in [-0.39, 0.29) is 0 Å². The van der Waals surface area contributed by atoms with Gasteiger partial charge < -0.3 is 9.40 Å². The first-order valence-electron chi connectivity index (χ1n) is 4.82. The van der Waals surface area contributed by atoms with Crippen LogP contribution in [-0.4, -0.2) is 9.97 Å². The fourth-order valence-electron chi connectivity index (χ4n) is 1.75. The molecule has 0 spiro atoms. The summed E-state index contributed by atoms with van der Waals surface area (Å²) < 4.78 is 5.06. The average Bonchev–Trinajstić information content (AvgIpc) is 2.82. The van der Waals surface area contributed by atoms with Gasteiger partial charge in [-0.2, -0.15) is 0 Å². The monoisotopic (exact) mass is 198 g/mol. The third-order valence-corrected chi connectivity index (χ3v) is 2.45. The van der Waals surface area contributed by atoms with Gasteiger partial charge in [-0.15, -0.1) is 0 Å². The summed E-state index contributed by atoms with van der Waals surface area (Å²) in [5.74, 6) is 0.939. The molecule has 0 saturated heterocycles. The molecule has 0 atom stereocenters. The van der Waals surface area contributed by atoms with Gasteiger partial charge in [-0.3, -0.25) is 0 Å². The van der Waals surface area contributed by atoms with Gasteiger partial charge in [0.15, 0.2) is 0 Å². The molecule has 2 aromatic heterocycles. The Morgan fingerprint density at radius 3 is 2.93 bits per heavy atom. The van der Waals surface area contributed by atoms with Crippen molar-refractivity contribution in [3.8, 4) is 11.1 Å². The maximum Gasteiger partial charge on any atom is 0.104 e. The number of hydrogen-bond donors (Lipinski definition) is 1. The van der Waals surface area contributed by atoms with E-state index in [0.29, 0.717) is 0 Å². The molecule has 2 heterocycles. The summed E-state index contributed by atoms with van der Waals surface area (Å²) in [5, 5.41) is 0. The van der Waals surface area contributed by atoms with E-state index in [2.05, 4.69) is 16.0 Å². The second-order valence-corrected chi connectivity index (χ2v) is 3.57. The van der Waals surface area contributed by atoms with Crippen LogP contribution >= 0.6 is 0 Å². The van der Waals surface area contributed by atoms with Crippen molar-refractivity contribution < 1.29 is 4.42 Å². The van der Waals surface area contributed by atoms with Crippen molar-refractivity contribution in [2.24, 2.45) is 0 Å². The summed E-state index contributed by atoms with van der Waals surface area (Å²) in [5.41, 5.74) is 4.29. The van der Waals surface area contributed by atoms with Crippen LogP contribution in [-0.2, 0) is 0 Å². The molecule has 3 nitrogen and oxygen atoms in total. The molecule has 1 N–H and O–H groups in total. The third kappa shape index (κ3) is 1.32. The summed E-state index contributed by atoms with van der Waals surface area (Å²) in [6.07, 6.45) is 3.42. The maximum atomic E-state index is 5.06. The van der Waals surface area contributed by atoms with Crippen LogP contribution in [0.1, 0.15) is 5.82 Å². The summed E-state index contributed by atoms with van der Waals surface area (Å²) in [6, 6.07) is 8.10. The Hall–Kier alpha value is -2.03. The highest BCUT2D eigenvalue weighted by molar-refractivity contribution is 5.81. The van der Waals surface area contributed by atoms with Crippen molar-refractivity contribution >= 4 is 11.0 Å². The molecule has 1 aromatic carbocycles. The van der Waals surface area contributed by atoms with Gasteiger partial charge in [0.2, 0.25) is 0 Å². The average molecular weight is 198 g/mol. The van der Waals surface area contributed by atoms with E-state index in [1.165, 1.54) is 0 Å². The van der Waals surface area contributed by atoms with Crippen LogP contribution in [0.3, 0.4) is 0 Å². The fraction of sp³-hybridized carbons (Fsp3) is 0.0833. The topological polar surface area (TPSA) is 41.8 Å². The zero-order valence-electron chi connectivity index (χ0n) is 8.32. The minimum absolute atomic E-state index is 0.939. The van der Waals surface area contributed by atoms with Crippen LogP contribution in [0.15, 0.2) is 41.2 Å². The van der Waals surface area contributed by atoms with E-state index in [1.807, 2.05) is 25.1 Å². The van der Waals surface area contributed by atoms with E-state index in [0.717, 1.165) is 28.0 Å². The molecular weight excluding hydrogens is 188 g/mol. The second kappa shape index (κ2) is 2.98. The van der Waals surface area contributed by atoms with Gasteiger partial charge in [-0.1, -0.05) is 6.07 Å². The molecule has 0 aliphatic carbocycles. The van der Waals surface area contributed by atoms with Crippen molar-refractivity contribution in [3.63, 3.8) is 0 Å². The molecular formula is C12H10N2O. The Morgan fingerprint density at radius 1 is 1.20 bits per heavy atom. The Morgan fingerprint density at radius 2 is 2.13 bits per heavy atom. The highest BCUT2D eigenvalue weighted by atomic mass is 16.3. The molecule has 0 saturated carbocycles. The smallest absolute Gasteiger partial charge is 0.104 e. The zero-order chi connectivity index (χ0) is 10.3. The van der Waals surface area contributed by atoms with Gasteiger partial charge in [-0.25, -0.2) is 4.98 Å². The standard InChI is InChI=1S/C12H10N2O/c1-8-13-11-3-2-9(6-12(11)14-8)10-4-5-15-7-10/h2-7H,1H3,(H,13,14). The second-order valence-electron chi connectivity index (χ2n) is 3.57. The molecule has 3 rings (SSSR count). The Balaban J connectivity index is 2.21. The van der Waals surface area contributed by atoms with E-state index >= 15 is 0 Å². The van der Waals surface area contributed by atoms with E-state index in [9.17, 15) is 0 Å². The molecule has 0 bridgehead atoms. The molecule has 3 aromatic rings. The predicted octanol–water partition coefficient (Wildman–Crippen LogP) is 3.13. The van der Waals surface area contributed by atoms with Crippen molar-refractivity contribution in [2.45, 2.75) is 6.92 Å². The van der Waals surface area contributed by atoms with E-state index in [4.69, 9.17) is 4.42 Å². The van der Waals surface area contributed by atoms with Gasteiger partial charge in [0.25, 0.3) is 0 Å². The third-order valence-electron chi connectivity index (χ3n) is 2.45. The number of aryl methyl sites for hydroxylation is 1. The number of aromatic amines is 1. The molecule has 0 aliphatic rings. The van der Waals surface area contributed by atoms with Gasteiger partial charge >= 0.3 is 0 Å². The highest BCUT2D eigenvalue weighted by Gasteiger charge is 2.03. The first-order valence-corrected chi connectivity index (χ1v) is 4.82. The molecule has 0 aliphatic heterocycles. The first kappa shape index (κ1) is 8.29. The number of aromatic nitrogens is 2. The quantitative estimate of drug-likeness (QED) is 0.652. The number of hydrogen-bond acceptors (Lipinski definition) is 2. The lowest BCUT2D eigenvalue weighted by molar-refractivity contribution is 0.568. The van der Waals surface area contributed by atoms with Gasteiger partial charge in [0, 0.05) is 5.56 Å². The maximum absolute atomic E-state index is 5.06. The van der Waals surface area contributed by atoms with Gasteiger partial charge in [0.1, 0.15) is 5.82 Å². The lowest BCUT2D eigenvalue weighted by Crippen LogP contribution is -1.74. The molecule has 15 heavy (non-hydrogen) atoms. The van der Waals surface area contributed by atoms with Gasteiger partial charge in [-0.05, 0) is 30.7 Å². The Labute approximate surface area is 86.8 Å². The van der Waals surface area contributed by atoms with Crippen LogP contribution in [0.25, 0.3) is 22.2 Å². The number of nitrogens with zero attached hydrogens (tertiary/aromatic N) is 1. The largest absolute Gasteiger partial charge is 0.472 e.